The van der Waals surface area contributed by atoms with Crippen LogP contribution < -0.4 is 5.32 Å². The van der Waals surface area contributed by atoms with Crippen LogP contribution in [-0.4, -0.2) is 28.0 Å². The van der Waals surface area contributed by atoms with Crippen LogP contribution in [0.4, 0.5) is 0 Å². The minimum absolute atomic E-state index is 0.0973. The molecular formula is C14H17N3O2. The number of aromatic nitrogens is 2. The number of aliphatic hydroxyl groups excluding tert-OH is 1. The Balaban J connectivity index is 1.51. The summed E-state index contributed by atoms with van der Waals surface area (Å²) < 4.78 is 5.59. The Morgan fingerprint density at radius 1 is 1.21 bits per heavy atom. The molecule has 0 aliphatic heterocycles. The van der Waals surface area contributed by atoms with Gasteiger partial charge in [-0.1, -0.05) is 18.2 Å². The summed E-state index contributed by atoms with van der Waals surface area (Å²) in [7, 11) is 0. The molecule has 5 heteroatoms. The second kappa shape index (κ2) is 5.50. The highest BCUT2D eigenvalue weighted by atomic mass is 16.4. The normalized spacial score (nSPS) is 22.2. The zero-order valence-corrected chi connectivity index (χ0v) is 10.6. The predicted octanol–water partition coefficient (Wildman–Crippen LogP) is 1.60. The Hall–Kier alpha value is -1.72. The zero-order valence-electron chi connectivity index (χ0n) is 10.6. The van der Waals surface area contributed by atoms with Gasteiger partial charge >= 0.3 is 0 Å². The van der Waals surface area contributed by atoms with E-state index in [1.165, 1.54) is 0 Å². The first-order valence-electron chi connectivity index (χ1n) is 6.58. The largest absolute Gasteiger partial charge is 0.419 e. The number of nitrogens with one attached hydrogen (secondary N) is 1. The van der Waals surface area contributed by atoms with Crippen LogP contribution in [0.3, 0.4) is 0 Å². The molecule has 2 aromatic rings. The molecule has 0 unspecified atom stereocenters. The SMILES string of the molecule is OC1CC(CNCc2nnc(-c3ccccc3)o2)C1. The average Bonchev–Trinajstić information content (AvgIpc) is 2.86. The van der Waals surface area contributed by atoms with Gasteiger partial charge < -0.3 is 14.8 Å². The van der Waals surface area contributed by atoms with E-state index in [0.717, 1.165) is 24.9 Å². The highest BCUT2D eigenvalue weighted by Crippen LogP contribution is 2.26. The van der Waals surface area contributed by atoms with Crippen LogP contribution in [-0.2, 0) is 6.54 Å². The van der Waals surface area contributed by atoms with Gasteiger partial charge in [0.2, 0.25) is 11.8 Å². The van der Waals surface area contributed by atoms with Crippen molar-refractivity contribution in [2.75, 3.05) is 6.54 Å². The van der Waals surface area contributed by atoms with E-state index in [-0.39, 0.29) is 6.10 Å². The Kier molecular flexibility index (Phi) is 3.57. The third-order valence-corrected chi connectivity index (χ3v) is 3.41. The van der Waals surface area contributed by atoms with Gasteiger partial charge in [0.15, 0.2) is 0 Å². The quantitative estimate of drug-likeness (QED) is 0.853. The fourth-order valence-electron chi connectivity index (χ4n) is 2.27. The molecule has 0 saturated heterocycles. The maximum absolute atomic E-state index is 9.20. The molecule has 19 heavy (non-hydrogen) atoms. The predicted molar refractivity (Wildman–Crippen MR) is 70.2 cm³/mol. The summed E-state index contributed by atoms with van der Waals surface area (Å²) in [5.74, 6) is 1.72. The van der Waals surface area contributed by atoms with Gasteiger partial charge in [0.25, 0.3) is 0 Å². The lowest BCUT2D eigenvalue weighted by atomic mass is 9.82. The van der Waals surface area contributed by atoms with E-state index in [4.69, 9.17) is 4.42 Å². The number of nitrogens with zero attached hydrogens (tertiary/aromatic N) is 2. The Bertz CT molecular complexity index is 520. The first-order chi connectivity index (χ1) is 9.31. The van der Waals surface area contributed by atoms with Crippen molar-refractivity contribution in [3.8, 4) is 11.5 Å². The highest BCUT2D eigenvalue weighted by Gasteiger charge is 2.26. The summed E-state index contributed by atoms with van der Waals surface area (Å²) in [5, 5.41) is 20.5. The van der Waals surface area contributed by atoms with E-state index >= 15 is 0 Å². The van der Waals surface area contributed by atoms with E-state index in [9.17, 15) is 5.11 Å². The number of benzene rings is 1. The lowest BCUT2D eigenvalue weighted by Gasteiger charge is -2.31. The first-order valence-corrected chi connectivity index (χ1v) is 6.58. The molecule has 0 bridgehead atoms. The van der Waals surface area contributed by atoms with Gasteiger partial charge in [0.1, 0.15) is 0 Å². The fraction of sp³-hybridized carbons (Fsp3) is 0.429. The van der Waals surface area contributed by atoms with Crippen molar-refractivity contribution in [1.29, 1.82) is 0 Å². The minimum Gasteiger partial charge on any atom is -0.419 e. The van der Waals surface area contributed by atoms with Crippen LogP contribution in [0.1, 0.15) is 18.7 Å². The van der Waals surface area contributed by atoms with Gasteiger partial charge in [-0.05, 0) is 37.4 Å². The smallest absolute Gasteiger partial charge is 0.247 e. The molecule has 3 rings (SSSR count). The Labute approximate surface area is 111 Å². The topological polar surface area (TPSA) is 71.2 Å². The zero-order chi connectivity index (χ0) is 13.1. The second-order valence-electron chi connectivity index (χ2n) is 4.99. The van der Waals surface area contributed by atoms with Crippen molar-refractivity contribution in [3.63, 3.8) is 0 Å². The van der Waals surface area contributed by atoms with Gasteiger partial charge in [0.05, 0.1) is 12.6 Å². The van der Waals surface area contributed by atoms with E-state index < -0.39 is 0 Å². The molecule has 1 aliphatic rings. The number of hydrogen-bond acceptors (Lipinski definition) is 5. The van der Waals surface area contributed by atoms with Crippen molar-refractivity contribution >= 4 is 0 Å². The van der Waals surface area contributed by atoms with E-state index in [1.54, 1.807) is 0 Å². The average molecular weight is 259 g/mol. The number of aliphatic hydroxyl groups is 1. The molecule has 1 saturated carbocycles. The van der Waals surface area contributed by atoms with E-state index in [2.05, 4.69) is 15.5 Å². The highest BCUT2D eigenvalue weighted by molar-refractivity contribution is 5.51. The Morgan fingerprint density at radius 3 is 2.74 bits per heavy atom. The molecule has 2 N–H and O–H groups in total. The summed E-state index contributed by atoms with van der Waals surface area (Å²) in [5.41, 5.74) is 0.934. The molecule has 0 radical (unpaired) electrons. The van der Waals surface area contributed by atoms with Crippen molar-refractivity contribution in [2.24, 2.45) is 5.92 Å². The van der Waals surface area contributed by atoms with E-state index in [1.807, 2.05) is 30.3 Å². The van der Waals surface area contributed by atoms with Crippen molar-refractivity contribution in [2.45, 2.75) is 25.5 Å². The molecule has 1 aromatic carbocycles. The molecule has 0 spiro atoms. The van der Waals surface area contributed by atoms with Crippen LogP contribution in [0.15, 0.2) is 34.7 Å². The van der Waals surface area contributed by atoms with E-state index in [0.29, 0.717) is 24.2 Å². The van der Waals surface area contributed by atoms with Gasteiger partial charge in [-0.25, -0.2) is 0 Å². The van der Waals surface area contributed by atoms with Crippen LogP contribution in [0.5, 0.6) is 0 Å². The van der Waals surface area contributed by atoms with Gasteiger partial charge in [-0.3, -0.25) is 0 Å². The maximum atomic E-state index is 9.20. The summed E-state index contributed by atoms with van der Waals surface area (Å²) in [4.78, 5) is 0. The third-order valence-electron chi connectivity index (χ3n) is 3.41. The molecule has 100 valence electrons. The monoisotopic (exact) mass is 259 g/mol. The second-order valence-corrected chi connectivity index (χ2v) is 4.99. The summed E-state index contributed by atoms with van der Waals surface area (Å²) in [6, 6.07) is 9.73. The van der Waals surface area contributed by atoms with Gasteiger partial charge in [-0.15, -0.1) is 10.2 Å². The lowest BCUT2D eigenvalue weighted by Crippen LogP contribution is -2.35. The van der Waals surface area contributed by atoms with Crippen LogP contribution >= 0.6 is 0 Å². The van der Waals surface area contributed by atoms with Crippen LogP contribution in [0, 0.1) is 5.92 Å². The fourth-order valence-corrected chi connectivity index (χ4v) is 2.27. The van der Waals surface area contributed by atoms with Crippen LogP contribution in [0.25, 0.3) is 11.5 Å². The maximum Gasteiger partial charge on any atom is 0.247 e. The lowest BCUT2D eigenvalue weighted by molar-refractivity contribution is 0.0427. The molecule has 5 nitrogen and oxygen atoms in total. The third kappa shape index (κ3) is 3.00. The Morgan fingerprint density at radius 2 is 2.00 bits per heavy atom. The summed E-state index contributed by atoms with van der Waals surface area (Å²) in [6.07, 6.45) is 1.69. The van der Waals surface area contributed by atoms with Crippen molar-refractivity contribution < 1.29 is 9.52 Å². The molecule has 1 heterocycles. The van der Waals surface area contributed by atoms with Crippen molar-refractivity contribution in [1.82, 2.24) is 15.5 Å². The van der Waals surface area contributed by atoms with Crippen molar-refractivity contribution in [3.05, 3.63) is 36.2 Å². The number of hydrogen-bond donors (Lipinski definition) is 2. The summed E-state index contributed by atoms with van der Waals surface area (Å²) in [6.45, 7) is 1.46. The molecule has 1 aromatic heterocycles. The molecule has 1 aliphatic carbocycles. The molecule has 0 amide bonds. The standard InChI is InChI=1S/C14H17N3O2/c18-12-6-10(7-12)8-15-9-13-16-17-14(19-13)11-4-2-1-3-5-11/h1-5,10,12,15,18H,6-9H2. The first kappa shape index (κ1) is 12.3. The van der Waals surface area contributed by atoms with Gasteiger partial charge in [-0.2, -0.15) is 0 Å². The minimum atomic E-state index is -0.0973. The summed E-state index contributed by atoms with van der Waals surface area (Å²) >= 11 is 0. The molecular weight excluding hydrogens is 242 g/mol. The van der Waals surface area contributed by atoms with Crippen LogP contribution in [0.2, 0.25) is 0 Å². The van der Waals surface area contributed by atoms with Gasteiger partial charge in [0, 0.05) is 5.56 Å². The number of rotatable bonds is 5. The molecule has 0 atom stereocenters. The molecule has 1 fully saturated rings.